The van der Waals surface area contributed by atoms with E-state index in [1.807, 2.05) is 30.3 Å². The SMILES string of the molecule is O[C@@H]1[C@H]2OC[C@H](O2)[C@H](O)[C@H]1OCc1ccccc1. The second kappa shape index (κ2) is 4.95. The fourth-order valence-corrected chi connectivity index (χ4v) is 2.33. The fraction of sp³-hybridized carbons (Fsp3) is 0.538. The van der Waals surface area contributed by atoms with E-state index in [-0.39, 0.29) is 0 Å². The third kappa shape index (κ3) is 2.15. The summed E-state index contributed by atoms with van der Waals surface area (Å²) < 4.78 is 16.1. The molecule has 3 rings (SSSR count). The van der Waals surface area contributed by atoms with Crippen LogP contribution in [0.3, 0.4) is 0 Å². The minimum absolute atomic E-state index is 0.300. The molecule has 0 unspecified atom stereocenters. The van der Waals surface area contributed by atoms with Crippen LogP contribution in [-0.4, -0.2) is 47.5 Å². The van der Waals surface area contributed by atoms with Gasteiger partial charge in [-0.25, -0.2) is 0 Å². The molecule has 1 aromatic rings. The summed E-state index contributed by atoms with van der Waals surface area (Å²) >= 11 is 0. The topological polar surface area (TPSA) is 68.2 Å². The molecule has 0 spiro atoms. The van der Waals surface area contributed by atoms with Crippen molar-refractivity contribution in [3.05, 3.63) is 35.9 Å². The highest BCUT2D eigenvalue weighted by Gasteiger charge is 2.50. The van der Waals surface area contributed by atoms with Crippen molar-refractivity contribution >= 4 is 0 Å². The predicted molar refractivity (Wildman–Crippen MR) is 61.6 cm³/mol. The lowest BCUT2D eigenvalue weighted by atomic mass is 10.0. The molecule has 18 heavy (non-hydrogen) atoms. The van der Waals surface area contributed by atoms with E-state index in [1.165, 1.54) is 0 Å². The first kappa shape index (κ1) is 12.1. The Morgan fingerprint density at radius 1 is 1.17 bits per heavy atom. The molecule has 2 aliphatic rings. The van der Waals surface area contributed by atoms with Gasteiger partial charge >= 0.3 is 0 Å². The largest absolute Gasteiger partial charge is 0.387 e. The first-order valence-electron chi connectivity index (χ1n) is 6.04. The van der Waals surface area contributed by atoms with Crippen molar-refractivity contribution in [2.45, 2.75) is 37.3 Å². The second-order valence-electron chi connectivity index (χ2n) is 4.62. The molecule has 2 aliphatic heterocycles. The van der Waals surface area contributed by atoms with E-state index >= 15 is 0 Å². The third-order valence-corrected chi connectivity index (χ3v) is 3.35. The van der Waals surface area contributed by atoms with Gasteiger partial charge in [-0.2, -0.15) is 0 Å². The van der Waals surface area contributed by atoms with E-state index in [0.29, 0.717) is 13.2 Å². The standard InChI is InChI=1S/C13H16O5/c14-10-9-7-17-13(18-9)11(15)12(10)16-6-8-4-2-1-3-5-8/h1-5,9-15H,6-7H2/t9-,10-,11-,12+,13-/m0/s1. The van der Waals surface area contributed by atoms with Gasteiger partial charge in [0.05, 0.1) is 13.2 Å². The number of hydrogen-bond donors (Lipinski definition) is 2. The number of benzene rings is 1. The summed E-state index contributed by atoms with van der Waals surface area (Å²) in [5.41, 5.74) is 0.997. The van der Waals surface area contributed by atoms with Gasteiger partial charge in [0.15, 0.2) is 6.29 Å². The van der Waals surface area contributed by atoms with E-state index in [9.17, 15) is 10.2 Å². The maximum Gasteiger partial charge on any atom is 0.186 e. The summed E-state index contributed by atoms with van der Waals surface area (Å²) in [6.45, 7) is 0.646. The second-order valence-corrected chi connectivity index (χ2v) is 4.62. The lowest BCUT2D eigenvalue weighted by Gasteiger charge is -2.35. The molecule has 0 aliphatic carbocycles. The molecule has 0 saturated carbocycles. The van der Waals surface area contributed by atoms with Crippen molar-refractivity contribution in [1.29, 1.82) is 0 Å². The lowest BCUT2D eigenvalue weighted by Crippen LogP contribution is -2.54. The normalized spacial score (nSPS) is 38.9. The first-order chi connectivity index (χ1) is 8.75. The third-order valence-electron chi connectivity index (χ3n) is 3.35. The molecule has 0 aromatic heterocycles. The van der Waals surface area contributed by atoms with Crippen molar-refractivity contribution < 1.29 is 24.4 Å². The lowest BCUT2D eigenvalue weighted by molar-refractivity contribution is -0.242. The maximum atomic E-state index is 10.0. The summed E-state index contributed by atoms with van der Waals surface area (Å²) in [6, 6.07) is 9.63. The number of fused-ring (bicyclic) bond motifs is 2. The minimum Gasteiger partial charge on any atom is -0.387 e. The number of rotatable bonds is 3. The maximum absolute atomic E-state index is 10.0. The zero-order valence-corrected chi connectivity index (χ0v) is 9.81. The van der Waals surface area contributed by atoms with E-state index in [2.05, 4.69) is 0 Å². The van der Waals surface area contributed by atoms with Crippen LogP contribution in [0.2, 0.25) is 0 Å². The molecule has 2 heterocycles. The van der Waals surface area contributed by atoms with Crippen molar-refractivity contribution in [2.75, 3.05) is 6.61 Å². The van der Waals surface area contributed by atoms with Gasteiger partial charge in [-0.1, -0.05) is 30.3 Å². The van der Waals surface area contributed by atoms with Crippen LogP contribution in [-0.2, 0) is 20.8 Å². The molecule has 5 atom stereocenters. The Hall–Kier alpha value is -0.980. The predicted octanol–water partition coefficient (Wildman–Crippen LogP) is 0.0487. The van der Waals surface area contributed by atoms with Crippen molar-refractivity contribution in [2.24, 2.45) is 0 Å². The zero-order chi connectivity index (χ0) is 12.5. The van der Waals surface area contributed by atoms with E-state index < -0.39 is 30.7 Å². The van der Waals surface area contributed by atoms with Crippen LogP contribution in [0, 0.1) is 0 Å². The molecule has 2 N–H and O–H groups in total. The number of aliphatic hydroxyl groups excluding tert-OH is 2. The van der Waals surface area contributed by atoms with Crippen LogP contribution in [0.25, 0.3) is 0 Å². The Kier molecular flexibility index (Phi) is 3.32. The molecule has 5 nitrogen and oxygen atoms in total. The number of ether oxygens (including phenoxy) is 3. The number of aliphatic hydroxyl groups is 2. The van der Waals surface area contributed by atoms with Crippen LogP contribution in [0.1, 0.15) is 5.56 Å². The van der Waals surface area contributed by atoms with Gasteiger partial charge in [0.25, 0.3) is 0 Å². The molecule has 2 fully saturated rings. The Labute approximate surface area is 105 Å². The summed E-state index contributed by atoms with van der Waals surface area (Å²) in [7, 11) is 0. The summed E-state index contributed by atoms with van der Waals surface area (Å²) in [5, 5.41) is 20.0. The van der Waals surface area contributed by atoms with Crippen LogP contribution in [0.15, 0.2) is 30.3 Å². The van der Waals surface area contributed by atoms with E-state index in [1.54, 1.807) is 0 Å². The Morgan fingerprint density at radius 3 is 2.72 bits per heavy atom. The smallest absolute Gasteiger partial charge is 0.186 e. The molecule has 5 heteroatoms. The van der Waals surface area contributed by atoms with Crippen LogP contribution in [0.4, 0.5) is 0 Å². The minimum atomic E-state index is -0.956. The Balaban J connectivity index is 1.65. The molecular weight excluding hydrogens is 236 g/mol. The quantitative estimate of drug-likeness (QED) is 0.795. The first-order valence-corrected chi connectivity index (χ1v) is 6.04. The van der Waals surface area contributed by atoms with Crippen LogP contribution >= 0.6 is 0 Å². The van der Waals surface area contributed by atoms with Gasteiger partial charge in [0.2, 0.25) is 0 Å². The molecule has 98 valence electrons. The highest BCUT2D eigenvalue weighted by molar-refractivity contribution is 5.13. The Morgan fingerprint density at radius 2 is 1.94 bits per heavy atom. The number of hydrogen-bond acceptors (Lipinski definition) is 5. The summed E-state index contributed by atoms with van der Waals surface area (Å²) in [4.78, 5) is 0. The van der Waals surface area contributed by atoms with Gasteiger partial charge in [0.1, 0.15) is 24.4 Å². The Bertz CT molecular complexity index is 380. The molecule has 0 radical (unpaired) electrons. The van der Waals surface area contributed by atoms with Gasteiger partial charge < -0.3 is 24.4 Å². The average molecular weight is 252 g/mol. The van der Waals surface area contributed by atoms with Gasteiger partial charge in [0, 0.05) is 0 Å². The molecule has 0 amide bonds. The fourth-order valence-electron chi connectivity index (χ4n) is 2.33. The average Bonchev–Trinajstić information content (AvgIpc) is 2.85. The molecule has 2 bridgehead atoms. The monoisotopic (exact) mass is 252 g/mol. The van der Waals surface area contributed by atoms with E-state index in [0.717, 1.165) is 5.56 Å². The van der Waals surface area contributed by atoms with Crippen molar-refractivity contribution in [1.82, 2.24) is 0 Å². The molecule has 2 saturated heterocycles. The van der Waals surface area contributed by atoms with Gasteiger partial charge in [-0.05, 0) is 5.56 Å². The van der Waals surface area contributed by atoms with Crippen molar-refractivity contribution in [3.63, 3.8) is 0 Å². The zero-order valence-electron chi connectivity index (χ0n) is 9.81. The van der Waals surface area contributed by atoms with Crippen molar-refractivity contribution in [3.8, 4) is 0 Å². The highest BCUT2D eigenvalue weighted by atomic mass is 16.7. The molecular formula is C13H16O5. The highest BCUT2D eigenvalue weighted by Crippen LogP contribution is 2.30. The van der Waals surface area contributed by atoms with Crippen LogP contribution < -0.4 is 0 Å². The molecule has 1 aromatic carbocycles. The summed E-state index contributed by atoms with van der Waals surface area (Å²) in [6.07, 6.45) is -3.57. The van der Waals surface area contributed by atoms with Crippen LogP contribution in [0.5, 0.6) is 0 Å². The summed E-state index contributed by atoms with van der Waals surface area (Å²) in [5.74, 6) is 0. The van der Waals surface area contributed by atoms with Gasteiger partial charge in [-0.15, -0.1) is 0 Å². The van der Waals surface area contributed by atoms with E-state index in [4.69, 9.17) is 14.2 Å². The van der Waals surface area contributed by atoms with Gasteiger partial charge in [-0.3, -0.25) is 0 Å².